The Kier molecular flexibility index (Phi) is 10.9. The first kappa shape index (κ1) is 12.4. The smallest absolute Gasteiger partial charge is 0.00426 e. The Morgan fingerprint density at radius 2 is 1.15 bits per heavy atom. The van der Waals surface area contributed by atoms with E-state index in [1.165, 1.54) is 0 Å². The lowest BCUT2D eigenvalue weighted by atomic mass is 10.2. The number of hydrogen-bond acceptors (Lipinski definition) is 2. The molecule has 0 bridgehead atoms. The summed E-state index contributed by atoms with van der Waals surface area (Å²) >= 11 is 0. The molecule has 0 rings (SSSR count). The summed E-state index contributed by atoms with van der Waals surface area (Å²) in [6.45, 7) is 1.55. The van der Waals surface area contributed by atoms with Crippen molar-refractivity contribution in [3.63, 3.8) is 0 Å². The van der Waals surface area contributed by atoms with Crippen LogP contribution >= 0.6 is 0 Å². The lowest BCUT2D eigenvalue weighted by Crippen LogP contribution is -1.96. The minimum absolute atomic E-state index is 0.753. The van der Waals surface area contributed by atoms with Gasteiger partial charge in [0.1, 0.15) is 0 Å². The van der Waals surface area contributed by atoms with Crippen LogP contribution in [-0.2, 0) is 0 Å². The first-order chi connectivity index (χ1) is 6.41. The van der Waals surface area contributed by atoms with E-state index in [2.05, 4.69) is 24.3 Å². The maximum absolute atomic E-state index is 5.37. The van der Waals surface area contributed by atoms with Crippen molar-refractivity contribution in [2.75, 3.05) is 13.1 Å². The molecule has 0 aromatic heterocycles. The van der Waals surface area contributed by atoms with Gasteiger partial charge in [0.15, 0.2) is 0 Å². The Morgan fingerprint density at radius 3 is 1.69 bits per heavy atom. The highest BCUT2D eigenvalue weighted by Gasteiger charge is 1.79. The quantitative estimate of drug-likeness (QED) is 0.445. The average molecular weight is 182 g/mol. The molecule has 0 aromatic rings. The zero-order chi connectivity index (χ0) is 9.78. The van der Waals surface area contributed by atoms with Gasteiger partial charge in [-0.15, -0.1) is 0 Å². The molecule has 0 saturated carbocycles. The van der Waals surface area contributed by atoms with Crippen molar-refractivity contribution in [1.29, 1.82) is 0 Å². The molecular formula is C11H22N2. The van der Waals surface area contributed by atoms with E-state index in [9.17, 15) is 0 Å². The molecule has 0 spiro atoms. The predicted octanol–water partition coefficient (Wildman–Crippen LogP) is 1.97. The zero-order valence-corrected chi connectivity index (χ0v) is 8.41. The van der Waals surface area contributed by atoms with Crippen LogP contribution in [0.2, 0.25) is 0 Å². The van der Waals surface area contributed by atoms with Crippen LogP contribution in [0.25, 0.3) is 0 Å². The van der Waals surface area contributed by atoms with Crippen LogP contribution in [0.15, 0.2) is 24.3 Å². The van der Waals surface area contributed by atoms with E-state index in [0.717, 1.165) is 45.2 Å². The van der Waals surface area contributed by atoms with Gasteiger partial charge in [-0.2, -0.15) is 0 Å². The van der Waals surface area contributed by atoms with Crippen molar-refractivity contribution in [2.24, 2.45) is 11.5 Å². The van der Waals surface area contributed by atoms with Crippen LogP contribution in [0.5, 0.6) is 0 Å². The van der Waals surface area contributed by atoms with Crippen molar-refractivity contribution in [3.05, 3.63) is 24.3 Å². The van der Waals surface area contributed by atoms with Crippen molar-refractivity contribution < 1.29 is 0 Å². The van der Waals surface area contributed by atoms with Crippen LogP contribution in [-0.4, -0.2) is 13.1 Å². The fourth-order valence-electron chi connectivity index (χ4n) is 0.996. The summed E-state index contributed by atoms with van der Waals surface area (Å²) in [6, 6.07) is 0. The number of nitrogens with two attached hydrogens (primary N) is 2. The van der Waals surface area contributed by atoms with E-state index in [0.29, 0.717) is 0 Å². The highest BCUT2D eigenvalue weighted by atomic mass is 14.5. The molecule has 0 aliphatic rings. The lowest BCUT2D eigenvalue weighted by molar-refractivity contribution is 0.850. The molecule has 0 heterocycles. The van der Waals surface area contributed by atoms with Gasteiger partial charge in [0.05, 0.1) is 0 Å². The third-order valence-corrected chi connectivity index (χ3v) is 1.74. The molecule has 0 aromatic carbocycles. The van der Waals surface area contributed by atoms with Gasteiger partial charge in [0, 0.05) is 0 Å². The van der Waals surface area contributed by atoms with Crippen LogP contribution in [0.4, 0.5) is 0 Å². The molecule has 0 amide bonds. The first-order valence-electron chi connectivity index (χ1n) is 5.12. The maximum Gasteiger partial charge on any atom is -0.00426 e. The molecule has 2 heteroatoms. The van der Waals surface area contributed by atoms with Crippen LogP contribution < -0.4 is 11.5 Å². The Morgan fingerprint density at radius 1 is 0.615 bits per heavy atom. The van der Waals surface area contributed by atoms with E-state index >= 15 is 0 Å². The second kappa shape index (κ2) is 11.4. The van der Waals surface area contributed by atoms with Gasteiger partial charge in [-0.3, -0.25) is 0 Å². The van der Waals surface area contributed by atoms with E-state index in [4.69, 9.17) is 11.5 Å². The topological polar surface area (TPSA) is 52.0 Å². The molecule has 0 unspecified atom stereocenters. The number of rotatable bonds is 8. The summed E-state index contributed by atoms with van der Waals surface area (Å²) in [5.74, 6) is 0. The van der Waals surface area contributed by atoms with Crippen LogP contribution in [0.1, 0.15) is 32.1 Å². The molecule has 0 aliphatic heterocycles. The summed E-state index contributed by atoms with van der Waals surface area (Å²) in [4.78, 5) is 0. The summed E-state index contributed by atoms with van der Waals surface area (Å²) in [5, 5.41) is 0. The van der Waals surface area contributed by atoms with E-state index in [-0.39, 0.29) is 0 Å². The van der Waals surface area contributed by atoms with E-state index < -0.39 is 0 Å². The number of unbranched alkanes of at least 4 members (excludes halogenated alkanes) is 2. The largest absolute Gasteiger partial charge is 0.330 e. The molecule has 4 N–H and O–H groups in total. The van der Waals surface area contributed by atoms with Gasteiger partial charge in [0.25, 0.3) is 0 Å². The fraction of sp³-hybridized carbons (Fsp3) is 0.636. The van der Waals surface area contributed by atoms with Crippen LogP contribution in [0, 0.1) is 0 Å². The standard InChI is InChI=1S/C11H22N2/c12-10-8-6-4-2-1-3-5-7-9-11-13/h2,4-5,7H,1,3,6,8-13H2/b4-2+,7-5+. The predicted molar refractivity (Wildman–Crippen MR) is 59.5 cm³/mol. The number of hydrogen-bond donors (Lipinski definition) is 2. The first-order valence-corrected chi connectivity index (χ1v) is 5.12. The van der Waals surface area contributed by atoms with Gasteiger partial charge < -0.3 is 11.5 Å². The minimum atomic E-state index is 0.753. The Hall–Kier alpha value is -0.600. The SMILES string of the molecule is NCC/C=C/CC/C=C/CCCN. The Labute approximate surface area is 81.7 Å². The van der Waals surface area contributed by atoms with Gasteiger partial charge in [-0.05, 0) is 45.2 Å². The average Bonchev–Trinajstić information content (AvgIpc) is 2.16. The Balaban J connectivity index is 3.10. The van der Waals surface area contributed by atoms with Crippen LogP contribution in [0.3, 0.4) is 0 Å². The normalized spacial score (nSPS) is 11.8. The molecule has 0 aliphatic carbocycles. The van der Waals surface area contributed by atoms with Gasteiger partial charge >= 0.3 is 0 Å². The molecule has 76 valence electrons. The summed E-state index contributed by atoms with van der Waals surface area (Å²) in [7, 11) is 0. The maximum atomic E-state index is 5.37. The molecule has 2 nitrogen and oxygen atoms in total. The summed E-state index contributed by atoms with van der Waals surface area (Å²) < 4.78 is 0. The molecular weight excluding hydrogens is 160 g/mol. The second-order valence-corrected chi connectivity index (χ2v) is 3.03. The zero-order valence-electron chi connectivity index (χ0n) is 8.41. The van der Waals surface area contributed by atoms with E-state index in [1.807, 2.05) is 0 Å². The summed E-state index contributed by atoms with van der Waals surface area (Å²) in [5.41, 5.74) is 10.7. The highest BCUT2D eigenvalue weighted by molar-refractivity contribution is 4.88. The minimum Gasteiger partial charge on any atom is -0.330 e. The molecule has 0 saturated heterocycles. The highest BCUT2D eigenvalue weighted by Crippen LogP contribution is 1.96. The van der Waals surface area contributed by atoms with Gasteiger partial charge in [0.2, 0.25) is 0 Å². The van der Waals surface area contributed by atoms with Crippen molar-refractivity contribution in [2.45, 2.75) is 32.1 Å². The third-order valence-electron chi connectivity index (χ3n) is 1.74. The fourth-order valence-corrected chi connectivity index (χ4v) is 0.996. The molecule has 0 fully saturated rings. The van der Waals surface area contributed by atoms with Crippen molar-refractivity contribution >= 4 is 0 Å². The molecule has 13 heavy (non-hydrogen) atoms. The van der Waals surface area contributed by atoms with Gasteiger partial charge in [-0.25, -0.2) is 0 Å². The van der Waals surface area contributed by atoms with Gasteiger partial charge in [-0.1, -0.05) is 24.3 Å². The van der Waals surface area contributed by atoms with Crippen molar-refractivity contribution in [3.8, 4) is 0 Å². The lowest BCUT2D eigenvalue weighted by Gasteiger charge is -1.89. The molecule has 0 radical (unpaired) electrons. The second-order valence-electron chi connectivity index (χ2n) is 3.03. The van der Waals surface area contributed by atoms with Crippen molar-refractivity contribution in [1.82, 2.24) is 0 Å². The number of allylic oxidation sites excluding steroid dienone is 3. The monoisotopic (exact) mass is 182 g/mol. The third kappa shape index (κ3) is 11.4. The Bertz CT molecular complexity index is 139. The molecule has 0 atom stereocenters. The summed E-state index contributed by atoms with van der Waals surface area (Å²) in [6.07, 6.45) is 14.2. The van der Waals surface area contributed by atoms with E-state index in [1.54, 1.807) is 0 Å².